The zero-order chi connectivity index (χ0) is 37.2. The van der Waals surface area contributed by atoms with Crippen molar-refractivity contribution in [3.05, 3.63) is 112 Å². The molecule has 1 aliphatic heterocycles. The summed E-state index contributed by atoms with van der Waals surface area (Å²) in [7, 11) is 0. The summed E-state index contributed by atoms with van der Waals surface area (Å²) in [6.45, 7) is 9.60. The maximum atomic E-state index is 11.3. The second-order valence-corrected chi connectivity index (χ2v) is 14.0. The highest BCUT2D eigenvalue weighted by molar-refractivity contribution is 6.32. The molecule has 0 spiro atoms. The molecule has 0 aliphatic carbocycles. The molecule has 1 fully saturated rings. The highest BCUT2D eigenvalue weighted by atomic mass is 35.5. The molecule has 5 aromatic rings. The lowest BCUT2D eigenvalue weighted by Gasteiger charge is -2.29. The number of aliphatic hydroxyl groups is 1. The number of aryl methyl sites for hydroxylation is 1. The summed E-state index contributed by atoms with van der Waals surface area (Å²) in [5.74, 6) is 1.01. The number of rotatable bonds is 16. The van der Waals surface area contributed by atoms with Crippen LogP contribution in [0.1, 0.15) is 54.0 Å². The van der Waals surface area contributed by atoms with Gasteiger partial charge in [-0.25, -0.2) is 0 Å². The van der Waals surface area contributed by atoms with E-state index in [0.29, 0.717) is 48.3 Å². The van der Waals surface area contributed by atoms with E-state index in [0.717, 1.165) is 73.3 Å². The summed E-state index contributed by atoms with van der Waals surface area (Å²) in [5, 5.41) is 26.9. The minimum atomic E-state index is -0.144. The van der Waals surface area contributed by atoms with Crippen LogP contribution in [0.15, 0.2) is 79.3 Å². The van der Waals surface area contributed by atoms with E-state index >= 15 is 0 Å². The fraction of sp³-hybridized carbons (Fsp3) is 0.357. The Kier molecular flexibility index (Phi) is 13.0. The Bertz CT molecular complexity index is 2070. The molecule has 3 aromatic carbocycles. The number of benzene rings is 3. The van der Waals surface area contributed by atoms with Gasteiger partial charge >= 0.3 is 0 Å². The standard InChI is InChI=1S/C42H47ClN6O4/c1-29-33(6-3-7-36(29)37-8-4-9-40-38(37)12-19-49(40)16-5-15-48-17-10-35(51)11-18-48)28-53-42-22-41(52-27-32-20-31(23-44)24-46-25-32)34(21-39(42)43)26-45-13-14-47-30(2)50/h3-4,6-9,12,19-22,24-25,35,45,51H,5,10-11,13-18,26-28H2,1-2H3,(H,47,50). The van der Waals surface area contributed by atoms with Gasteiger partial charge in [0.25, 0.3) is 0 Å². The minimum Gasteiger partial charge on any atom is -0.488 e. The molecule has 3 N–H and O–H groups in total. The predicted molar refractivity (Wildman–Crippen MR) is 208 cm³/mol. The molecule has 0 atom stereocenters. The van der Waals surface area contributed by atoms with Gasteiger partial charge in [-0.3, -0.25) is 9.78 Å². The van der Waals surface area contributed by atoms with E-state index in [9.17, 15) is 15.2 Å². The maximum absolute atomic E-state index is 11.3. The normalized spacial score (nSPS) is 13.6. The van der Waals surface area contributed by atoms with E-state index in [1.165, 1.54) is 29.6 Å². The Labute approximate surface area is 316 Å². The number of fused-ring (bicyclic) bond motifs is 1. The number of hydrogen-bond donors (Lipinski definition) is 3. The van der Waals surface area contributed by atoms with Crippen molar-refractivity contribution < 1.29 is 19.4 Å². The molecular weight excluding hydrogens is 688 g/mol. The number of pyridine rings is 1. The number of carbonyl (C=O) groups excluding carboxylic acids is 1. The van der Waals surface area contributed by atoms with Crippen molar-refractivity contribution in [3.63, 3.8) is 0 Å². The van der Waals surface area contributed by atoms with Crippen molar-refractivity contribution in [2.75, 3.05) is 32.7 Å². The van der Waals surface area contributed by atoms with Crippen LogP contribution in [-0.4, -0.2) is 64.3 Å². The molecule has 0 saturated carbocycles. The maximum Gasteiger partial charge on any atom is 0.216 e. The van der Waals surface area contributed by atoms with Gasteiger partial charge in [0.1, 0.15) is 30.8 Å². The number of aliphatic hydroxyl groups excluding tert-OH is 1. The van der Waals surface area contributed by atoms with Gasteiger partial charge in [0.05, 0.1) is 16.7 Å². The summed E-state index contributed by atoms with van der Waals surface area (Å²) >= 11 is 6.80. The first-order valence-electron chi connectivity index (χ1n) is 18.2. The molecule has 53 heavy (non-hydrogen) atoms. The Morgan fingerprint density at radius 3 is 2.58 bits per heavy atom. The van der Waals surface area contributed by atoms with Gasteiger partial charge in [-0.05, 0) is 79.3 Å². The quantitative estimate of drug-likeness (QED) is 0.0950. The SMILES string of the molecule is CC(=O)NCCNCc1cc(Cl)c(OCc2cccc(-c3cccc4c3ccn4CCCN3CCC(O)CC3)c2C)cc1OCc1cncc(C#N)c1. The second kappa shape index (κ2) is 18.2. The van der Waals surface area contributed by atoms with Crippen molar-refractivity contribution in [3.8, 4) is 28.7 Å². The van der Waals surface area contributed by atoms with E-state index in [2.05, 4.69) is 86.7 Å². The lowest BCUT2D eigenvalue weighted by molar-refractivity contribution is -0.118. The van der Waals surface area contributed by atoms with E-state index in [1.807, 2.05) is 12.1 Å². The third-order valence-corrected chi connectivity index (χ3v) is 10.1. The van der Waals surface area contributed by atoms with Crippen LogP contribution in [-0.2, 0) is 31.1 Å². The molecule has 0 bridgehead atoms. The first kappa shape index (κ1) is 37.8. The Balaban J connectivity index is 1.16. The van der Waals surface area contributed by atoms with Crippen molar-refractivity contribution in [1.82, 2.24) is 25.1 Å². The number of nitriles is 1. The average molecular weight is 735 g/mol. The summed E-state index contributed by atoms with van der Waals surface area (Å²) in [4.78, 5) is 17.9. The molecule has 11 heteroatoms. The molecule has 0 unspecified atom stereocenters. The van der Waals surface area contributed by atoms with Crippen molar-refractivity contribution >= 4 is 28.4 Å². The van der Waals surface area contributed by atoms with E-state index < -0.39 is 0 Å². The van der Waals surface area contributed by atoms with Crippen LogP contribution in [0.2, 0.25) is 5.02 Å². The number of halogens is 1. The van der Waals surface area contributed by atoms with Crippen LogP contribution in [0.4, 0.5) is 0 Å². The van der Waals surface area contributed by atoms with Crippen molar-refractivity contribution in [2.24, 2.45) is 0 Å². The molecule has 2 aromatic heterocycles. The van der Waals surface area contributed by atoms with E-state index in [1.54, 1.807) is 12.3 Å². The molecule has 1 aliphatic rings. The average Bonchev–Trinajstić information content (AvgIpc) is 3.58. The van der Waals surface area contributed by atoms with Gasteiger partial charge in [-0.2, -0.15) is 5.26 Å². The topological polar surface area (TPSA) is 125 Å². The Morgan fingerprint density at radius 1 is 0.981 bits per heavy atom. The number of hydrogen-bond acceptors (Lipinski definition) is 8. The molecule has 276 valence electrons. The van der Waals surface area contributed by atoms with Crippen LogP contribution in [0.5, 0.6) is 11.5 Å². The summed E-state index contributed by atoms with van der Waals surface area (Å²) < 4.78 is 15.0. The highest BCUT2D eigenvalue weighted by Crippen LogP contribution is 2.36. The van der Waals surface area contributed by atoms with Gasteiger partial charge in [-0.1, -0.05) is 41.9 Å². The first-order chi connectivity index (χ1) is 25.8. The summed E-state index contributed by atoms with van der Waals surface area (Å²) in [6, 6.07) is 22.6. The number of nitrogens with one attached hydrogen (secondary N) is 2. The van der Waals surface area contributed by atoms with Gasteiger partial charge in [-0.15, -0.1) is 0 Å². The molecule has 3 heterocycles. The number of amides is 1. The second-order valence-electron chi connectivity index (χ2n) is 13.6. The lowest BCUT2D eigenvalue weighted by atomic mass is 9.94. The minimum absolute atomic E-state index is 0.0803. The Morgan fingerprint density at radius 2 is 1.77 bits per heavy atom. The number of carbonyl (C=O) groups is 1. The predicted octanol–water partition coefficient (Wildman–Crippen LogP) is 6.77. The third-order valence-electron chi connectivity index (χ3n) is 9.79. The lowest BCUT2D eigenvalue weighted by Crippen LogP contribution is -2.36. The molecule has 6 rings (SSSR count). The summed E-state index contributed by atoms with van der Waals surface area (Å²) in [6.07, 6.45) is 8.04. The van der Waals surface area contributed by atoms with Gasteiger partial charge in [0.2, 0.25) is 5.91 Å². The third kappa shape index (κ3) is 9.95. The number of nitrogens with zero attached hydrogens (tertiary/aromatic N) is 4. The first-order valence-corrected chi connectivity index (χ1v) is 18.6. The highest BCUT2D eigenvalue weighted by Gasteiger charge is 2.18. The number of aromatic nitrogens is 2. The van der Waals surface area contributed by atoms with E-state index in [-0.39, 0.29) is 18.6 Å². The smallest absolute Gasteiger partial charge is 0.216 e. The molecule has 0 radical (unpaired) electrons. The molecule has 10 nitrogen and oxygen atoms in total. The van der Waals surface area contributed by atoms with Crippen LogP contribution in [0.25, 0.3) is 22.0 Å². The zero-order valence-corrected chi connectivity index (χ0v) is 31.2. The van der Waals surface area contributed by atoms with Crippen molar-refractivity contribution in [1.29, 1.82) is 5.26 Å². The number of ether oxygens (including phenoxy) is 2. The van der Waals surface area contributed by atoms with Crippen LogP contribution in [0, 0.1) is 18.3 Å². The van der Waals surface area contributed by atoms with Gasteiger partial charge in [0, 0.05) is 92.9 Å². The number of piperidine rings is 1. The molecule has 1 saturated heterocycles. The van der Waals surface area contributed by atoms with E-state index in [4.69, 9.17) is 21.1 Å². The van der Waals surface area contributed by atoms with Crippen LogP contribution in [0.3, 0.4) is 0 Å². The number of likely N-dealkylation sites (tertiary alicyclic amines) is 1. The van der Waals surface area contributed by atoms with Gasteiger partial charge in [0.15, 0.2) is 0 Å². The molecule has 1 amide bonds. The monoisotopic (exact) mass is 734 g/mol. The fourth-order valence-corrected chi connectivity index (χ4v) is 7.09. The Hall–Kier alpha value is -4.92. The summed E-state index contributed by atoms with van der Waals surface area (Å²) in [5.41, 5.74) is 7.81. The van der Waals surface area contributed by atoms with Gasteiger partial charge < -0.3 is 34.7 Å². The van der Waals surface area contributed by atoms with Crippen LogP contribution >= 0.6 is 11.6 Å². The zero-order valence-electron chi connectivity index (χ0n) is 30.4. The largest absolute Gasteiger partial charge is 0.488 e. The van der Waals surface area contributed by atoms with Crippen LogP contribution < -0.4 is 20.1 Å². The molecular formula is C42H47ClN6O4. The fourth-order valence-electron chi connectivity index (χ4n) is 6.85. The van der Waals surface area contributed by atoms with Crippen molar-refractivity contribution in [2.45, 2.75) is 65.5 Å².